The van der Waals surface area contributed by atoms with Crippen molar-refractivity contribution in [1.82, 2.24) is 9.97 Å². The molecule has 12 heteroatoms. The van der Waals surface area contributed by atoms with E-state index in [2.05, 4.69) is 117 Å². The summed E-state index contributed by atoms with van der Waals surface area (Å²) in [5.41, 5.74) is 6.84. The molecule has 8 heterocycles. The Morgan fingerprint density at radius 3 is 1.18 bits per heavy atom. The Morgan fingerprint density at radius 1 is 0.540 bits per heavy atom. The molecule has 0 unspecified atom stereocenters. The first-order chi connectivity index (χ1) is 23.6. The average molecular weight is 719 g/mol. The molecule has 2 fully saturated rings. The van der Waals surface area contributed by atoms with Crippen LogP contribution in [0, 0.1) is 0 Å². The van der Waals surface area contributed by atoms with Crippen LogP contribution in [0.5, 0.6) is 0 Å². The lowest BCUT2D eigenvalue weighted by atomic mass is 9.43. The van der Waals surface area contributed by atoms with E-state index in [1.807, 2.05) is 36.7 Å². The predicted molar refractivity (Wildman–Crippen MR) is 194 cm³/mol. The summed E-state index contributed by atoms with van der Waals surface area (Å²) in [5.74, 6) is 0. The number of nitrogens with zero attached hydrogens (tertiary/aromatic N) is 4. The lowest BCUT2D eigenvalue weighted by molar-refractivity contribution is -0.598. The summed E-state index contributed by atoms with van der Waals surface area (Å²) in [6, 6.07) is 24.9. The summed E-state index contributed by atoms with van der Waals surface area (Å²) in [6.45, 7) is 13.0. The summed E-state index contributed by atoms with van der Waals surface area (Å²) < 4.78 is 14.7. The molecule has 8 nitrogen and oxygen atoms in total. The largest absolute Gasteiger partial charge is 1.00 e. The number of fused-ring (bicyclic) bond motifs is 2. The normalized spacial score (nSPS) is 17.0. The first kappa shape index (κ1) is 41.0. The maximum absolute atomic E-state index is 4.94. The zero-order valence-electron chi connectivity index (χ0n) is 30.2. The van der Waals surface area contributed by atoms with Crippen LogP contribution in [0.25, 0.3) is 0 Å². The van der Waals surface area contributed by atoms with Crippen LogP contribution < -0.4 is 43.6 Å². The van der Waals surface area contributed by atoms with Gasteiger partial charge in [0.1, 0.15) is 23.8 Å². The van der Waals surface area contributed by atoms with E-state index < -0.39 is 12.8 Å². The van der Waals surface area contributed by atoms with E-state index >= 15 is 0 Å². The van der Waals surface area contributed by atoms with Crippen molar-refractivity contribution in [2.45, 2.75) is 78.7 Å². The molecule has 50 heavy (non-hydrogen) atoms. The van der Waals surface area contributed by atoms with E-state index in [0.717, 1.165) is 74.5 Å². The van der Waals surface area contributed by atoms with Crippen molar-refractivity contribution in [3.8, 4) is 0 Å². The van der Waals surface area contributed by atoms with Gasteiger partial charge in [0.15, 0.2) is 0 Å². The number of nitrogens with one attached hydrogen (secondary N) is 2. The minimum absolute atomic E-state index is 0. The number of halogens is 2. The van der Waals surface area contributed by atoms with E-state index in [0.29, 0.717) is 0 Å². The van der Waals surface area contributed by atoms with Gasteiger partial charge in [0.25, 0.3) is 0 Å². The minimum Gasteiger partial charge on any atom is -1.00 e. The molecule has 0 amide bonds. The lowest BCUT2D eigenvalue weighted by Gasteiger charge is -2.16. The van der Waals surface area contributed by atoms with Crippen LogP contribution in [0.3, 0.4) is 0 Å². The molecular formula is C38H54B2Cl2N6O2. The fourth-order valence-corrected chi connectivity index (χ4v) is 7.25. The van der Waals surface area contributed by atoms with Crippen molar-refractivity contribution in [1.29, 1.82) is 0 Å². The molecule has 4 aliphatic heterocycles. The Bertz CT molecular complexity index is 1510. The molecule has 4 aromatic rings. The summed E-state index contributed by atoms with van der Waals surface area (Å²) >= 11 is 0. The molecule has 268 valence electrons. The smallest absolute Gasteiger partial charge is 0.540 e. The van der Waals surface area contributed by atoms with Gasteiger partial charge in [0, 0.05) is 51.0 Å². The molecule has 8 rings (SSSR count). The van der Waals surface area contributed by atoms with Crippen molar-refractivity contribution < 1.29 is 53.1 Å². The van der Waals surface area contributed by atoms with Gasteiger partial charge in [-0.1, -0.05) is 39.8 Å². The maximum Gasteiger partial charge on any atom is 0.540 e. The topological polar surface area (TPSA) is 79.9 Å². The molecule has 0 bridgehead atoms. The Morgan fingerprint density at radius 2 is 0.900 bits per heavy atom. The predicted octanol–water partition coefficient (Wildman–Crippen LogP) is -3.14. The number of aromatic nitrogens is 4. The highest BCUT2D eigenvalue weighted by Crippen LogP contribution is 2.13. The highest BCUT2D eigenvalue weighted by Gasteiger charge is 2.51. The van der Waals surface area contributed by atoms with Crippen LogP contribution in [-0.2, 0) is 9.47 Å². The highest BCUT2D eigenvalue weighted by molar-refractivity contribution is 6.64. The molecule has 0 aromatic carbocycles. The highest BCUT2D eigenvalue weighted by atomic mass is 35.5. The van der Waals surface area contributed by atoms with Gasteiger partial charge in [-0.15, -0.1) is 0 Å². The van der Waals surface area contributed by atoms with Crippen LogP contribution in [0.2, 0.25) is 25.3 Å². The Balaban J connectivity index is 0.000000205. The first-order valence-electron chi connectivity index (χ1n) is 18.3. The Labute approximate surface area is 311 Å². The molecule has 4 aliphatic rings. The van der Waals surface area contributed by atoms with Gasteiger partial charge in [-0.25, -0.2) is 9.97 Å². The molecule has 0 atom stereocenters. The van der Waals surface area contributed by atoms with E-state index in [1.54, 1.807) is 0 Å². The van der Waals surface area contributed by atoms with Gasteiger partial charge in [0.05, 0.1) is 0 Å². The molecule has 0 radical (unpaired) electrons. The van der Waals surface area contributed by atoms with Gasteiger partial charge < -0.3 is 53.1 Å². The fraction of sp³-hybridized carbons (Fsp3) is 0.421. The van der Waals surface area contributed by atoms with Gasteiger partial charge in [-0.05, 0) is 99.5 Å². The van der Waals surface area contributed by atoms with Crippen molar-refractivity contribution in [2.24, 2.45) is 0 Å². The second kappa shape index (κ2) is 20.4. The van der Waals surface area contributed by atoms with Crippen molar-refractivity contribution in [3.05, 3.63) is 120 Å². The maximum atomic E-state index is 4.94. The Hall–Kier alpha value is -3.43. The number of ether oxygens (including phenoxy) is 2. The van der Waals surface area contributed by atoms with Crippen LogP contribution >= 0.6 is 0 Å². The first-order valence-corrected chi connectivity index (χ1v) is 18.3. The van der Waals surface area contributed by atoms with E-state index in [-0.39, 0.29) is 24.8 Å². The third kappa shape index (κ3) is 9.46. The number of pyridine rings is 4. The van der Waals surface area contributed by atoms with Crippen LogP contribution in [-0.4, -0.2) is 60.7 Å². The van der Waals surface area contributed by atoms with Crippen LogP contribution in [0.1, 0.15) is 76.2 Å². The Kier molecular flexibility index (Phi) is 16.7. The molecule has 0 saturated carbocycles. The zero-order chi connectivity index (χ0) is 33.7. The van der Waals surface area contributed by atoms with Crippen LogP contribution in [0.15, 0.2) is 97.6 Å². The quantitative estimate of drug-likeness (QED) is 0.207. The van der Waals surface area contributed by atoms with E-state index in [9.17, 15) is 0 Å². The molecule has 0 aliphatic carbocycles. The van der Waals surface area contributed by atoms with Crippen molar-refractivity contribution in [3.63, 3.8) is 0 Å². The molecule has 0 spiro atoms. The summed E-state index contributed by atoms with van der Waals surface area (Å²) in [4.78, 5) is 16.5. The van der Waals surface area contributed by atoms with Crippen molar-refractivity contribution in [2.75, 3.05) is 26.4 Å². The second-order valence-corrected chi connectivity index (χ2v) is 13.1. The van der Waals surface area contributed by atoms with Crippen LogP contribution in [0.4, 0.5) is 0 Å². The van der Waals surface area contributed by atoms with E-state index in [1.165, 1.54) is 37.1 Å². The third-order valence-electron chi connectivity index (χ3n) is 10.4. The summed E-state index contributed by atoms with van der Waals surface area (Å²) in [5, 5.41) is 0. The average Bonchev–Trinajstić information content (AvgIpc) is 4.01. The van der Waals surface area contributed by atoms with Gasteiger partial charge in [-0.2, -0.15) is 0 Å². The third-order valence-corrected chi connectivity index (χ3v) is 10.4. The van der Waals surface area contributed by atoms with Crippen molar-refractivity contribution >= 4 is 24.3 Å². The molecule has 2 saturated heterocycles. The number of rotatable bonds is 6. The van der Waals surface area contributed by atoms with Gasteiger partial charge in [0.2, 0.25) is 22.8 Å². The minimum atomic E-state index is -0.759. The number of hydrogen-bond donors (Lipinski definition) is 2. The molecular weight excluding hydrogens is 665 g/mol. The standard InChI is InChI=1S/2C15H19BN3.2C4H8O.2ClH/c2*1-3-16(4-2)18-15(13-9-5-7-11-17-13)14-10-6-8-12-19(14)16;2*1-2-4-5-3-1;;/h2*5-12,18H,3-4H2,1-2H3;2*1-4H2;2*1H/q2*+1;;;;/p-2. The summed E-state index contributed by atoms with van der Waals surface area (Å²) in [7, 11) is 0. The fourth-order valence-electron chi connectivity index (χ4n) is 7.25. The van der Waals surface area contributed by atoms with Gasteiger partial charge in [-0.3, -0.25) is 0 Å². The SMILES string of the molecule is C1CCOC1.C1CCOC1.CC[B-]1(CC)[NH+]=C(c2ccccn2)c2cccc[n+]21.CC[B-]1(CC)[NH+]=C(c2ccccn2)c2cccc[n+]21.[Cl-].[Cl-]. The molecule has 2 N–H and O–H groups in total. The van der Waals surface area contributed by atoms with Gasteiger partial charge >= 0.3 is 12.8 Å². The zero-order valence-corrected chi connectivity index (χ0v) is 31.8. The number of hydrogen-bond acceptors (Lipinski definition) is 4. The summed E-state index contributed by atoms with van der Waals surface area (Å²) in [6.07, 6.45) is 16.1. The molecule has 4 aromatic heterocycles. The lowest BCUT2D eigenvalue weighted by Crippen LogP contribution is -3.00. The van der Waals surface area contributed by atoms with E-state index in [4.69, 9.17) is 9.47 Å². The monoisotopic (exact) mass is 718 g/mol. The second-order valence-electron chi connectivity index (χ2n) is 13.1.